The third-order valence-electron chi connectivity index (χ3n) is 2.24. The Kier molecular flexibility index (Phi) is 6.54. The van der Waals surface area contributed by atoms with Gasteiger partial charge in [0.2, 0.25) is 0 Å². The standard InChI is InChI=1S/C9H22N4O2S/c1-4-6-12-16(14,15)13(5-2)7-8(3)9(10)11/h8,12H,4-7H2,1-3H3,(H3,10,11). The SMILES string of the molecule is CCCNS(=O)(=O)N(CC)CC(C)C(=N)N. The summed E-state index contributed by atoms with van der Waals surface area (Å²) >= 11 is 0. The molecule has 0 aliphatic rings. The first-order valence-electron chi connectivity index (χ1n) is 5.43. The van der Waals surface area contributed by atoms with Crippen LogP contribution in [0.25, 0.3) is 0 Å². The van der Waals surface area contributed by atoms with Gasteiger partial charge in [0.15, 0.2) is 0 Å². The van der Waals surface area contributed by atoms with Gasteiger partial charge in [-0.15, -0.1) is 0 Å². The predicted molar refractivity (Wildman–Crippen MR) is 65.5 cm³/mol. The molecule has 0 aliphatic carbocycles. The largest absolute Gasteiger partial charge is 0.387 e. The molecule has 96 valence electrons. The van der Waals surface area contributed by atoms with E-state index in [-0.39, 0.29) is 18.3 Å². The smallest absolute Gasteiger partial charge is 0.279 e. The second kappa shape index (κ2) is 6.82. The van der Waals surface area contributed by atoms with Gasteiger partial charge in [-0.1, -0.05) is 20.8 Å². The molecule has 0 rings (SSSR count). The van der Waals surface area contributed by atoms with Crippen LogP contribution in [0.5, 0.6) is 0 Å². The Hall–Kier alpha value is -0.660. The highest BCUT2D eigenvalue weighted by molar-refractivity contribution is 7.87. The highest BCUT2D eigenvalue weighted by Crippen LogP contribution is 2.04. The van der Waals surface area contributed by atoms with Crippen molar-refractivity contribution in [1.82, 2.24) is 9.03 Å². The summed E-state index contributed by atoms with van der Waals surface area (Å²) < 4.78 is 27.4. The van der Waals surface area contributed by atoms with Crippen LogP contribution in [-0.2, 0) is 10.2 Å². The molecular formula is C9H22N4O2S. The van der Waals surface area contributed by atoms with Gasteiger partial charge in [-0.25, -0.2) is 4.72 Å². The van der Waals surface area contributed by atoms with E-state index in [0.29, 0.717) is 13.1 Å². The highest BCUT2D eigenvalue weighted by atomic mass is 32.2. The summed E-state index contributed by atoms with van der Waals surface area (Å²) in [6, 6.07) is 0. The molecule has 0 aromatic heterocycles. The van der Waals surface area contributed by atoms with Crippen molar-refractivity contribution in [3.63, 3.8) is 0 Å². The van der Waals surface area contributed by atoms with Gasteiger partial charge in [-0.3, -0.25) is 5.41 Å². The molecule has 0 spiro atoms. The van der Waals surface area contributed by atoms with E-state index < -0.39 is 10.2 Å². The first-order valence-corrected chi connectivity index (χ1v) is 6.87. The molecule has 4 N–H and O–H groups in total. The van der Waals surface area contributed by atoms with E-state index in [4.69, 9.17) is 11.1 Å². The maximum Gasteiger partial charge on any atom is 0.279 e. The van der Waals surface area contributed by atoms with Crippen LogP contribution >= 0.6 is 0 Å². The van der Waals surface area contributed by atoms with Gasteiger partial charge in [0.1, 0.15) is 0 Å². The van der Waals surface area contributed by atoms with Crippen molar-refractivity contribution in [1.29, 1.82) is 5.41 Å². The molecule has 6 nitrogen and oxygen atoms in total. The molecule has 0 bridgehead atoms. The van der Waals surface area contributed by atoms with Gasteiger partial charge >= 0.3 is 0 Å². The average molecular weight is 250 g/mol. The summed E-state index contributed by atoms with van der Waals surface area (Å²) in [4.78, 5) is 0. The monoisotopic (exact) mass is 250 g/mol. The van der Waals surface area contributed by atoms with E-state index in [0.717, 1.165) is 6.42 Å². The van der Waals surface area contributed by atoms with Crippen LogP contribution in [0.2, 0.25) is 0 Å². The summed E-state index contributed by atoms with van der Waals surface area (Å²) in [7, 11) is -3.43. The van der Waals surface area contributed by atoms with Crippen molar-refractivity contribution in [2.45, 2.75) is 27.2 Å². The van der Waals surface area contributed by atoms with E-state index in [1.807, 2.05) is 6.92 Å². The van der Waals surface area contributed by atoms with Gasteiger partial charge in [-0.05, 0) is 6.42 Å². The van der Waals surface area contributed by atoms with Crippen LogP contribution in [0.4, 0.5) is 0 Å². The Morgan fingerprint density at radius 2 is 2.06 bits per heavy atom. The van der Waals surface area contributed by atoms with Crippen LogP contribution in [0.3, 0.4) is 0 Å². The number of hydrogen-bond acceptors (Lipinski definition) is 3. The van der Waals surface area contributed by atoms with Crippen LogP contribution in [-0.4, -0.2) is 38.2 Å². The fourth-order valence-electron chi connectivity index (χ4n) is 1.12. The Balaban J connectivity index is 4.54. The van der Waals surface area contributed by atoms with E-state index in [9.17, 15) is 8.42 Å². The number of hydrogen-bond donors (Lipinski definition) is 3. The molecule has 0 saturated heterocycles. The number of nitrogens with two attached hydrogens (primary N) is 1. The first-order chi connectivity index (χ1) is 7.35. The summed E-state index contributed by atoms with van der Waals surface area (Å²) in [5.74, 6) is -0.262. The molecule has 0 radical (unpaired) electrons. The van der Waals surface area contributed by atoms with Crippen molar-refractivity contribution in [2.24, 2.45) is 11.7 Å². The van der Waals surface area contributed by atoms with Crippen LogP contribution < -0.4 is 10.5 Å². The van der Waals surface area contributed by atoms with Gasteiger partial charge < -0.3 is 5.73 Å². The molecular weight excluding hydrogens is 228 g/mol. The minimum absolute atomic E-state index is 0.00383. The van der Waals surface area contributed by atoms with Crippen molar-refractivity contribution >= 4 is 16.0 Å². The van der Waals surface area contributed by atoms with Crippen molar-refractivity contribution in [3.05, 3.63) is 0 Å². The average Bonchev–Trinajstić information content (AvgIpc) is 2.22. The van der Waals surface area contributed by atoms with Crippen LogP contribution in [0.1, 0.15) is 27.2 Å². The van der Waals surface area contributed by atoms with E-state index in [1.54, 1.807) is 13.8 Å². The minimum Gasteiger partial charge on any atom is -0.387 e. The lowest BCUT2D eigenvalue weighted by molar-refractivity contribution is 0.396. The normalized spacial score (nSPS) is 14.0. The molecule has 0 fully saturated rings. The lowest BCUT2D eigenvalue weighted by Crippen LogP contribution is -2.44. The third-order valence-corrected chi connectivity index (χ3v) is 3.89. The van der Waals surface area contributed by atoms with Gasteiger partial charge in [0, 0.05) is 25.6 Å². The Morgan fingerprint density at radius 1 is 1.50 bits per heavy atom. The maximum absolute atomic E-state index is 11.8. The zero-order valence-electron chi connectivity index (χ0n) is 10.2. The summed E-state index contributed by atoms with van der Waals surface area (Å²) in [6.07, 6.45) is 0.749. The summed E-state index contributed by atoms with van der Waals surface area (Å²) in [6.45, 7) is 6.43. The van der Waals surface area contributed by atoms with E-state index in [2.05, 4.69) is 4.72 Å². The molecule has 0 saturated carbocycles. The van der Waals surface area contributed by atoms with E-state index in [1.165, 1.54) is 4.31 Å². The summed E-state index contributed by atoms with van der Waals surface area (Å²) in [5, 5.41) is 7.25. The molecule has 0 aliphatic heterocycles. The van der Waals surface area contributed by atoms with Crippen molar-refractivity contribution in [3.8, 4) is 0 Å². The fraction of sp³-hybridized carbons (Fsp3) is 0.889. The minimum atomic E-state index is -3.43. The zero-order valence-corrected chi connectivity index (χ0v) is 11.0. The number of nitrogens with one attached hydrogen (secondary N) is 2. The Labute approximate surface area is 97.9 Å². The zero-order chi connectivity index (χ0) is 12.8. The lowest BCUT2D eigenvalue weighted by atomic mass is 10.1. The van der Waals surface area contributed by atoms with Gasteiger partial charge in [-0.2, -0.15) is 12.7 Å². The second-order valence-corrected chi connectivity index (χ2v) is 5.46. The first kappa shape index (κ1) is 15.3. The Morgan fingerprint density at radius 3 is 2.44 bits per heavy atom. The van der Waals surface area contributed by atoms with Crippen molar-refractivity contribution in [2.75, 3.05) is 19.6 Å². The van der Waals surface area contributed by atoms with Crippen molar-refractivity contribution < 1.29 is 8.42 Å². The quantitative estimate of drug-likeness (QED) is 0.421. The molecule has 0 aromatic carbocycles. The summed E-state index contributed by atoms with van der Waals surface area (Å²) in [5.41, 5.74) is 5.32. The molecule has 0 heterocycles. The molecule has 0 amide bonds. The third kappa shape index (κ3) is 4.91. The number of amidine groups is 1. The highest BCUT2D eigenvalue weighted by Gasteiger charge is 2.22. The second-order valence-electron chi connectivity index (χ2n) is 3.71. The predicted octanol–water partition coefficient (Wildman–Crippen LogP) is 0.125. The van der Waals surface area contributed by atoms with Gasteiger partial charge in [0.25, 0.3) is 10.2 Å². The lowest BCUT2D eigenvalue weighted by Gasteiger charge is -2.23. The molecule has 0 aromatic rings. The molecule has 7 heteroatoms. The van der Waals surface area contributed by atoms with E-state index >= 15 is 0 Å². The number of rotatable bonds is 8. The molecule has 1 atom stereocenters. The Bertz CT molecular complexity index is 315. The van der Waals surface area contributed by atoms with Gasteiger partial charge in [0.05, 0.1) is 5.84 Å². The topological polar surface area (TPSA) is 99.3 Å². The molecule has 16 heavy (non-hydrogen) atoms. The maximum atomic E-state index is 11.8. The molecule has 1 unspecified atom stereocenters. The van der Waals surface area contributed by atoms with Crippen LogP contribution in [0.15, 0.2) is 0 Å². The van der Waals surface area contributed by atoms with Crippen LogP contribution in [0, 0.1) is 11.3 Å². The fourth-order valence-corrected chi connectivity index (χ4v) is 2.53. The number of nitrogens with zero attached hydrogens (tertiary/aromatic N) is 1.